The first-order chi connectivity index (χ1) is 14.4. The van der Waals surface area contributed by atoms with Gasteiger partial charge in [0, 0.05) is 25.4 Å². The maximum absolute atomic E-state index is 5.10. The van der Waals surface area contributed by atoms with Crippen molar-refractivity contribution in [3.63, 3.8) is 0 Å². The molecule has 0 saturated heterocycles. The Labute approximate surface area is 171 Å². The molecule has 0 unspecified atom stereocenters. The molecule has 0 radical (unpaired) electrons. The van der Waals surface area contributed by atoms with Gasteiger partial charge in [-0.25, -0.2) is 0 Å². The molecule has 2 heterocycles. The van der Waals surface area contributed by atoms with Gasteiger partial charge in [-0.1, -0.05) is 103 Å². The third kappa shape index (κ3) is 2.95. The lowest BCUT2D eigenvalue weighted by molar-refractivity contribution is 0.460. The number of benzene rings is 3. The summed E-state index contributed by atoms with van der Waals surface area (Å²) in [5.74, 6) is 1.00. The molecule has 3 nitrogen and oxygen atoms in total. The molecule has 0 spiro atoms. The molecule has 0 saturated carbocycles. The van der Waals surface area contributed by atoms with Crippen LogP contribution >= 0.6 is 0 Å². The van der Waals surface area contributed by atoms with Gasteiger partial charge in [-0.3, -0.25) is 4.68 Å². The minimum absolute atomic E-state index is 0.546. The maximum atomic E-state index is 5.10. The van der Waals surface area contributed by atoms with Crippen molar-refractivity contribution in [1.29, 1.82) is 0 Å². The van der Waals surface area contributed by atoms with Gasteiger partial charge < -0.3 is 4.90 Å². The van der Waals surface area contributed by atoms with Crippen molar-refractivity contribution >= 4 is 5.82 Å². The number of aromatic nitrogens is 2. The highest BCUT2D eigenvalue weighted by atomic mass is 15.4. The molecule has 1 aromatic heterocycles. The molecular formula is C26H23N3. The van der Waals surface area contributed by atoms with Gasteiger partial charge in [0.05, 0.1) is 0 Å². The first-order valence-electron chi connectivity index (χ1n) is 10.0. The lowest BCUT2D eigenvalue weighted by atomic mass is 9.77. The minimum Gasteiger partial charge on any atom is -0.348 e. The average Bonchev–Trinajstić information content (AvgIpc) is 3.49. The second-order valence-corrected chi connectivity index (χ2v) is 7.30. The molecule has 0 N–H and O–H groups in total. The summed E-state index contributed by atoms with van der Waals surface area (Å²) in [6, 6.07) is 34.1. The fraction of sp³-hybridized carbons (Fsp3) is 0.115. The van der Waals surface area contributed by atoms with Gasteiger partial charge in [0.1, 0.15) is 5.54 Å². The molecule has 3 aromatic carbocycles. The largest absolute Gasteiger partial charge is 0.348 e. The van der Waals surface area contributed by atoms with Gasteiger partial charge in [0.15, 0.2) is 5.82 Å². The van der Waals surface area contributed by atoms with Crippen molar-refractivity contribution in [3.05, 3.63) is 132 Å². The molecule has 0 atom stereocenters. The SMILES string of the molecule is C1=CCN(c2ccn(C(c3ccccc3)(c3ccccc3)c3ccccc3)n2)C1. The fourth-order valence-electron chi connectivity index (χ4n) is 4.27. The highest BCUT2D eigenvalue weighted by Crippen LogP contribution is 2.40. The monoisotopic (exact) mass is 377 g/mol. The Balaban J connectivity index is 1.79. The summed E-state index contributed by atoms with van der Waals surface area (Å²) in [6.45, 7) is 1.82. The molecule has 29 heavy (non-hydrogen) atoms. The third-order valence-corrected chi connectivity index (χ3v) is 5.64. The molecule has 1 aliphatic heterocycles. The van der Waals surface area contributed by atoms with Gasteiger partial charge in [0.25, 0.3) is 0 Å². The Morgan fingerprint density at radius 1 is 0.586 bits per heavy atom. The van der Waals surface area contributed by atoms with Gasteiger partial charge >= 0.3 is 0 Å². The third-order valence-electron chi connectivity index (χ3n) is 5.64. The second kappa shape index (κ2) is 7.44. The van der Waals surface area contributed by atoms with Crippen molar-refractivity contribution in [2.45, 2.75) is 5.54 Å². The summed E-state index contributed by atoms with van der Waals surface area (Å²) < 4.78 is 2.13. The molecule has 4 aromatic rings. The highest BCUT2D eigenvalue weighted by Gasteiger charge is 2.39. The molecule has 3 heteroatoms. The topological polar surface area (TPSA) is 21.1 Å². The van der Waals surface area contributed by atoms with Gasteiger partial charge in [0.2, 0.25) is 0 Å². The van der Waals surface area contributed by atoms with Gasteiger partial charge in [-0.15, -0.1) is 0 Å². The van der Waals surface area contributed by atoms with E-state index in [1.165, 1.54) is 16.7 Å². The van der Waals surface area contributed by atoms with Crippen molar-refractivity contribution in [2.75, 3.05) is 18.0 Å². The number of rotatable bonds is 5. The van der Waals surface area contributed by atoms with Crippen LogP contribution in [-0.4, -0.2) is 22.9 Å². The van der Waals surface area contributed by atoms with E-state index < -0.39 is 5.54 Å². The van der Waals surface area contributed by atoms with E-state index in [0.717, 1.165) is 18.9 Å². The summed E-state index contributed by atoms with van der Waals surface area (Å²) in [4.78, 5) is 2.28. The Hall–Kier alpha value is -3.59. The molecule has 0 aliphatic carbocycles. The van der Waals surface area contributed by atoms with Gasteiger partial charge in [-0.2, -0.15) is 5.10 Å². The summed E-state index contributed by atoms with van der Waals surface area (Å²) in [6.07, 6.45) is 6.50. The molecule has 0 amide bonds. The van der Waals surface area contributed by atoms with E-state index in [2.05, 4.69) is 125 Å². The Morgan fingerprint density at radius 3 is 1.48 bits per heavy atom. The highest BCUT2D eigenvalue weighted by molar-refractivity contribution is 5.51. The zero-order valence-electron chi connectivity index (χ0n) is 16.2. The van der Waals surface area contributed by atoms with Crippen LogP contribution in [0.5, 0.6) is 0 Å². The summed E-state index contributed by atoms with van der Waals surface area (Å²) in [7, 11) is 0. The fourth-order valence-corrected chi connectivity index (χ4v) is 4.27. The molecule has 0 bridgehead atoms. The predicted octanol–water partition coefficient (Wildman–Crippen LogP) is 5.10. The van der Waals surface area contributed by atoms with Crippen LogP contribution in [0.15, 0.2) is 115 Å². The van der Waals surface area contributed by atoms with E-state index >= 15 is 0 Å². The quantitative estimate of drug-likeness (QED) is 0.356. The smallest absolute Gasteiger partial charge is 0.151 e. The van der Waals surface area contributed by atoms with Crippen LogP contribution in [0.25, 0.3) is 0 Å². The van der Waals surface area contributed by atoms with Crippen molar-refractivity contribution in [3.8, 4) is 0 Å². The van der Waals surface area contributed by atoms with Crippen LogP contribution in [-0.2, 0) is 5.54 Å². The molecule has 142 valence electrons. The van der Waals surface area contributed by atoms with Crippen molar-refractivity contribution in [2.24, 2.45) is 0 Å². The standard InChI is InChI=1S/C26H23N3/c1-4-12-22(13-5-1)26(23-14-6-2-7-15-23,24-16-8-3-9-17-24)29-21-18-25(27-29)28-19-10-11-20-28/h1-18,21H,19-20H2. The molecule has 1 aliphatic rings. The van der Waals surface area contributed by atoms with Crippen LogP contribution in [0, 0.1) is 0 Å². The van der Waals surface area contributed by atoms with Crippen LogP contribution < -0.4 is 4.90 Å². The average molecular weight is 377 g/mol. The van der Waals surface area contributed by atoms with E-state index in [4.69, 9.17) is 5.10 Å². The Bertz CT molecular complexity index is 994. The molecule has 5 rings (SSSR count). The van der Waals surface area contributed by atoms with Crippen molar-refractivity contribution < 1.29 is 0 Å². The maximum Gasteiger partial charge on any atom is 0.151 e. The number of anilines is 1. The van der Waals surface area contributed by atoms with Gasteiger partial charge in [-0.05, 0) is 16.7 Å². The van der Waals surface area contributed by atoms with Crippen LogP contribution in [0.3, 0.4) is 0 Å². The number of hydrogen-bond acceptors (Lipinski definition) is 2. The summed E-state index contributed by atoms with van der Waals surface area (Å²) in [5, 5.41) is 5.10. The normalized spacial score (nSPS) is 13.7. The van der Waals surface area contributed by atoms with Crippen LogP contribution in [0.2, 0.25) is 0 Å². The first kappa shape index (κ1) is 17.5. The zero-order chi connectivity index (χ0) is 19.5. The summed E-state index contributed by atoms with van der Waals surface area (Å²) in [5.41, 5.74) is 3.01. The zero-order valence-corrected chi connectivity index (χ0v) is 16.2. The lowest BCUT2D eigenvalue weighted by Gasteiger charge is -2.36. The minimum atomic E-state index is -0.546. The summed E-state index contributed by atoms with van der Waals surface area (Å²) >= 11 is 0. The van der Waals surface area contributed by atoms with Crippen LogP contribution in [0.4, 0.5) is 5.82 Å². The van der Waals surface area contributed by atoms with Crippen molar-refractivity contribution in [1.82, 2.24) is 9.78 Å². The Kier molecular flexibility index (Phi) is 4.49. The molecular weight excluding hydrogens is 354 g/mol. The van der Waals surface area contributed by atoms with E-state index in [1.54, 1.807) is 0 Å². The molecule has 0 fully saturated rings. The van der Waals surface area contributed by atoms with E-state index in [-0.39, 0.29) is 0 Å². The van der Waals surface area contributed by atoms with E-state index in [1.807, 2.05) is 0 Å². The first-order valence-corrected chi connectivity index (χ1v) is 10.0. The van der Waals surface area contributed by atoms with E-state index in [0.29, 0.717) is 0 Å². The predicted molar refractivity (Wildman–Crippen MR) is 118 cm³/mol. The Morgan fingerprint density at radius 2 is 1.03 bits per heavy atom. The second-order valence-electron chi connectivity index (χ2n) is 7.30. The number of nitrogens with zero attached hydrogens (tertiary/aromatic N) is 3. The van der Waals surface area contributed by atoms with Crippen LogP contribution in [0.1, 0.15) is 16.7 Å². The number of hydrogen-bond donors (Lipinski definition) is 0. The van der Waals surface area contributed by atoms with E-state index in [9.17, 15) is 0 Å². The lowest BCUT2D eigenvalue weighted by Crippen LogP contribution is -2.38.